The third-order valence-corrected chi connectivity index (χ3v) is 3.86. The van der Waals surface area contributed by atoms with Crippen molar-refractivity contribution in [1.29, 1.82) is 0 Å². The van der Waals surface area contributed by atoms with Gasteiger partial charge in [-0.1, -0.05) is 6.07 Å². The van der Waals surface area contributed by atoms with Crippen LogP contribution in [0, 0.1) is 0 Å². The summed E-state index contributed by atoms with van der Waals surface area (Å²) in [6.07, 6.45) is 3.35. The molecule has 0 spiro atoms. The van der Waals surface area contributed by atoms with Crippen molar-refractivity contribution in [2.75, 3.05) is 20.8 Å². The van der Waals surface area contributed by atoms with Crippen molar-refractivity contribution in [3.8, 4) is 17.3 Å². The van der Waals surface area contributed by atoms with Gasteiger partial charge < -0.3 is 14.8 Å². The molecule has 2 aromatic heterocycles. The van der Waals surface area contributed by atoms with Crippen LogP contribution >= 0.6 is 0 Å². The third kappa shape index (κ3) is 3.97. The molecule has 0 saturated heterocycles. The topological polar surface area (TPSA) is 100 Å². The minimum atomic E-state index is -0.361. The zero-order chi connectivity index (χ0) is 19.2. The van der Waals surface area contributed by atoms with E-state index in [4.69, 9.17) is 9.47 Å². The normalized spacial score (nSPS) is 10.4. The molecule has 0 radical (unpaired) electrons. The molecule has 0 saturated carbocycles. The Morgan fingerprint density at radius 3 is 2.48 bits per heavy atom. The molecule has 3 rings (SSSR count). The second-order valence-corrected chi connectivity index (χ2v) is 5.50. The van der Waals surface area contributed by atoms with Crippen LogP contribution in [-0.2, 0) is 6.54 Å². The van der Waals surface area contributed by atoms with Crippen molar-refractivity contribution in [3.05, 3.63) is 64.7 Å². The molecule has 0 atom stereocenters. The zero-order valence-corrected chi connectivity index (χ0v) is 15.0. The number of nitrogens with zero attached hydrogens (tertiary/aromatic N) is 4. The Morgan fingerprint density at radius 1 is 1.11 bits per heavy atom. The largest absolute Gasteiger partial charge is 0.496 e. The van der Waals surface area contributed by atoms with E-state index in [9.17, 15) is 9.59 Å². The second-order valence-electron chi connectivity index (χ2n) is 5.50. The fourth-order valence-electron chi connectivity index (χ4n) is 2.56. The molecule has 1 N–H and O–H groups in total. The maximum Gasteiger partial charge on any atom is 0.266 e. The Labute approximate surface area is 155 Å². The smallest absolute Gasteiger partial charge is 0.266 e. The van der Waals surface area contributed by atoms with Crippen LogP contribution in [-0.4, -0.2) is 46.2 Å². The Bertz CT molecular complexity index is 959. The first kappa shape index (κ1) is 18.2. The number of ether oxygens (including phenoxy) is 2. The molecular formula is C18H19N5O4. The summed E-state index contributed by atoms with van der Waals surface area (Å²) in [4.78, 5) is 24.5. The van der Waals surface area contributed by atoms with Crippen molar-refractivity contribution >= 4 is 5.91 Å². The summed E-state index contributed by atoms with van der Waals surface area (Å²) in [5.41, 5.74) is 0.0307. The molecule has 140 valence electrons. The van der Waals surface area contributed by atoms with Gasteiger partial charge in [-0.15, -0.1) is 5.10 Å². The Balaban J connectivity index is 1.71. The number of methoxy groups -OCH3 is 2. The molecule has 0 unspecified atom stereocenters. The quantitative estimate of drug-likeness (QED) is 0.663. The highest BCUT2D eigenvalue weighted by Crippen LogP contribution is 2.27. The third-order valence-electron chi connectivity index (χ3n) is 3.86. The number of rotatable bonds is 7. The average molecular weight is 369 g/mol. The average Bonchev–Trinajstić information content (AvgIpc) is 3.23. The number of carbonyl (C=O) groups excluding carboxylic acids is 1. The van der Waals surface area contributed by atoms with Gasteiger partial charge in [0.05, 0.1) is 20.8 Å². The molecule has 3 aromatic rings. The first-order chi connectivity index (χ1) is 13.1. The van der Waals surface area contributed by atoms with E-state index in [2.05, 4.69) is 15.5 Å². The lowest BCUT2D eigenvalue weighted by atomic mass is 10.1. The van der Waals surface area contributed by atoms with E-state index in [-0.39, 0.29) is 24.6 Å². The number of aromatic nitrogens is 4. The minimum Gasteiger partial charge on any atom is -0.496 e. The van der Waals surface area contributed by atoms with Gasteiger partial charge in [0.15, 0.2) is 5.82 Å². The van der Waals surface area contributed by atoms with Crippen LogP contribution in [0.2, 0.25) is 0 Å². The predicted octanol–water partition coefficient (Wildman–Crippen LogP) is 0.876. The highest BCUT2D eigenvalue weighted by Gasteiger charge is 2.17. The van der Waals surface area contributed by atoms with E-state index in [0.717, 1.165) is 0 Å². The minimum absolute atomic E-state index is 0.204. The van der Waals surface area contributed by atoms with E-state index in [1.54, 1.807) is 47.4 Å². The highest BCUT2D eigenvalue weighted by molar-refractivity contribution is 5.99. The van der Waals surface area contributed by atoms with Gasteiger partial charge in [-0.25, -0.2) is 9.36 Å². The number of benzene rings is 1. The number of amides is 1. The molecule has 0 aliphatic heterocycles. The Morgan fingerprint density at radius 2 is 1.85 bits per heavy atom. The van der Waals surface area contributed by atoms with E-state index in [1.165, 1.54) is 25.0 Å². The van der Waals surface area contributed by atoms with Crippen LogP contribution < -0.4 is 20.3 Å². The number of hydrogen-bond donors (Lipinski definition) is 1. The van der Waals surface area contributed by atoms with Gasteiger partial charge >= 0.3 is 0 Å². The van der Waals surface area contributed by atoms with Crippen LogP contribution in [0.4, 0.5) is 0 Å². The standard InChI is InChI=1S/C18H19N5O4/c1-26-13-5-3-6-14(27-2)17(13)18(25)19-10-12-23-16(24)8-7-15(21-23)22-11-4-9-20-22/h3-9,11H,10,12H2,1-2H3,(H,19,25). The molecular weight excluding hydrogens is 350 g/mol. The first-order valence-electron chi connectivity index (χ1n) is 8.21. The van der Waals surface area contributed by atoms with Gasteiger partial charge in [-0.05, 0) is 24.3 Å². The summed E-state index contributed by atoms with van der Waals surface area (Å²) in [5.74, 6) is 0.962. The molecule has 0 bridgehead atoms. The van der Waals surface area contributed by atoms with Gasteiger partial charge in [-0.3, -0.25) is 9.59 Å². The molecule has 0 fully saturated rings. The van der Waals surface area contributed by atoms with Crippen LogP contribution in [0.15, 0.2) is 53.6 Å². The summed E-state index contributed by atoms with van der Waals surface area (Å²) >= 11 is 0. The fraction of sp³-hybridized carbons (Fsp3) is 0.222. The molecule has 0 aliphatic rings. The Hall–Kier alpha value is -3.62. The molecule has 9 nitrogen and oxygen atoms in total. The molecule has 1 aromatic carbocycles. The van der Waals surface area contributed by atoms with Crippen molar-refractivity contribution in [1.82, 2.24) is 24.9 Å². The number of hydrogen-bond acceptors (Lipinski definition) is 6. The monoisotopic (exact) mass is 369 g/mol. The van der Waals surface area contributed by atoms with Crippen LogP contribution in [0.3, 0.4) is 0 Å². The van der Waals surface area contributed by atoms with Gasteiger partial charge in [0, 0.05) is 25.0 Å². The number of carbonyl (C=O) groups is 1. The predicted molar refractivity (Wildman–Crippen MR) is 97.5 cm³/mol. The highest BCUT2D eigenvalue weighted by atomic mass is 16.5. The van der Waals surface area contributed by atoms with Crippen molar-refractivity contribution in [3.63, 3.8) is 0 Å². The zero-order valence-electron chi connectivity index (χ0n) is 15.0. The molecule has 9 heteroatoms. The number of nitrogens with one attached hydrogen (secondary N) is 1. The Kier molecular flexibility index (Phi) is 5.50. The maximum atomic E-state index is 12.5. The van der Waals surface area contributed by atoms with Crippen LogP contribution in [0.25, 0.3) is 5.82 Å². The van der Waals surface area contributed by atoms with Crippen molar-refractivity contribution in [2.24, 2.45) is 0 Å². The van der Waals surface area contributed by atoms with Crippen molar-refractivity contribution in [2.45, 2.75) is 6.54 Å². The molecule has 0 aliphatic carbocycles. The van der Waals surface area contributed by atoms with Crippen LogP contribution in [0.1, 0.15) is 10.4 Å². The van der Waals surface area contributed by atoms with Crippen LogP contribution in [0.5, 0.6) is 11.5 Å². The lowest BCUT2D eigenvalue weighted by Gasteiger charge is -2.13. The van der Waals surface area contributed by atoms with E-state index < -0.39 is 0 Å². The molecule has 27 heavy (non-hydrogen) atoms. The van der Waals surface area contributed by atoms with E-state index in [1.807, 2.05) is 0 Å². The fourth-order valence-corrected chi connectivity index (χ4v) is 2.56. The van der Waals surface area contributed by atoms with Crippen molar-refractivity contribution < 1.29 is 14.3 Å². The SMILES string of the molecule is COc1cccc(OC)c1C(=O)NCCn1nc(-n2cccn2)ccc1=O. The molecule has 1 amide bonds. The lowest BCUT2D eigenvalue weighted by molar-refractivity contribution is 0.0945. The summed E-state index contributed by atoms with van der Waals surface area (Å²) in [6, 6.07) is 9.85. The van der Waals surface area contributed by atoms with Gasteiger partial charge in [-0.2, -0.15) is 5.10 Å². The lowest BCUT2D eigenvalue weighted by Crippen LogP contribution is -2.32. The van der Waals surface area contributed by atoms with E-state index in [0.29, 0.717) is 22.9 Å². The summed E-state index contributed by atoms with van der Waals surface area (Å²) in [6.45, 7) is 0.409. The molecule has 2 heterocycles. The van der Waals surface area contributed by atoms with E-state index >= 15 is 0 Å². The summed E-state index contributed by atoms with van der Waals surface area (Å²) in [7, 11) is 2.96. The summed E-state index contributed by atoms with van der Waals surface area (Å²) < 4.78 is 13.3. The first-order valence-corrected chi connectivity index (χ1v) is 8.21. The summed E-state index contributed by atoms with van der Waals surface area (Å²) in [5, 5.41) is 11.1. The van der Waals surface area contributed by atoms with Gasteiger partial charge in [0.1, 0.15) is 17.1 Å². The second kappa shape index (κ2) is 8.17. The maximum absolute atomic E-state index is 12.5. The van der Waals surface area contributed by atoms with Gasteiger partial charge in [0.2, 0.25) is 0 Å². The van der Waals surface area contributed by atoms with Gasteiger partial charge in [0.25, 0.3) is 11.5 Å².